The number of amides is 2. The van der Waals surface area contributed by atoms with Crippen molar-refractivity contribution in [3.05, 3.63) is 54.1 Å². The van der Waals surface area contributed by atoms with E-state index in [-0.39, 0.29) is 5.69 Å². The Labute approximate surface area is 137 Å². The van der Waals surface area contributed by atoms with Gasteiger partial charge in [0.2, 0.25) is 0 Å². The van der Waals surface area contributed by atoms with E-state index in [0.717, 1.165) is 36.4 Å². The Hall–Kier alpha value is -2.91. The average molecular weight is 364 g/mol. The summed E-state index contributed by atoms with van der Waals surface area (Å²) in [4.78, 5) is 11.8. The Bertz CT molecular complexity index is 741. The van der Waals surface area contributed by atoms with Crippen molar-refractivity contribution in [3.63, 3.8) is 0 Å². The van der Waals surface area contributed by atoms with E-state index in [9.17, 15) is 31.1 Å². The number of ether oxygens (including phenoxy) is 1. The van der Waals surface area contributed by atoms with Gasteiger partial charge in [-0.15, -0.1) is 13.2 Å². The minimum Gasteiger partial charge on any atom is -0.406 e. The van der Waals surface area contributed by atoms with E-state index in [1.807, 2.05) is 5.32 Å². The number of benzene rings is 2. The van der Waals surface area contributed by atoms with Gasteiger partial charge in [0.05, 0.1) is 11.3 Å². The Morgan fingerprint density at radius 2 is 1.44 bits per heavy atom. The second-order valence-corrected chi connectivity index (χ2v) is 4.69. The van der Waals surface area contributed by atoms with Crippen molar-refractivity contribution < 1.29 is 35.9 Å². The summed E-state index contributed by atoms with van der Waals surface area (Å²) in [6.07, 6.45) is -9.51. The van der Waals surface area contributed by atoms with Crippen LogP contribution in [0.15, 0.2) is 48.5 Å². The molecule has 0 aliphatic carbocycles. The van der Waals surface area contributed by atoms with Crippen molar-refractivity contribution in [2.45, 2.75) is 12.5 Å². The fraction of sp³-hybridized carbons (Fsp3) is 0.133. The Balaban J connectivity index is 2.04. The van der Waals surface area contributed by atoms with Crippen LogP contribution in [-0.2, 0) is 6.18 Å². The van der Waals surface area contributed by atoms with E-state index in [1.54, 1.807) is 0 Å². The van der Waals surface area contributed by atoms with Gasteiger partial charge in [-0.3, -0.25) is 0 Å². The van der Waals surface area contributed by atoms with Gasteiger partial charge in [-0.2, -0.15) is 13.2 Å². The van der Waals surface area contributed by atoms with Gasteiger partial charge in [-0.25, -0.2) is 4.79 Å². The highest BCUT2D eigenvalue weighted by Crippen LogP contribution is 2.34. The Morgan fingerprint density at radius 3 is 2.00 bits per heavy atom. The molecule has 2 rings (SSSR count). The third kappa shape index (κ3) is 5.59. The van der Waals surface area contributed by atoms with Crippen LogP contribution < -0.4 is 15.4 Å². The molecule has 0 unspecified atom stereocenters. The average Bonchev–Trinajstić information content (AvgIpc) is 2.47. The first-order chi connectivity index (χ1) is 11.5. The molecule has 4 nitrogen and oxygen atoms in total. The third-order valence-corrected chi connectivity index (χ3v) is 2.83. The molecule has 25 heavy (non-hydrogen) atoms. The summed E-state index contributed by atoms with van der Waals surface area (Å²) in [7, 11) is 0. The van der Waals surface area contributed by atoms with Crippen LogP contribution >= 0.6 is 0 Å². The van der Waals surface area contributed by atoms with Crippen molar-refractivity contribution in [1.82, 2.24) is 0 Å². The molecular formula is C15H10F6N2O2. The molecule has 0 fully saturated rings. The summed E-state index contributed by atoms with van der Waals surface area (Å²) in [6.45, 7) is 0. The lowest BCUT2D eigenvalue weighted by molar-refractivity contribution is -0.274. The Kier molecular flexibility index (Phi) is 5.10. The standard InChI is InChI=1S/C15H10F6N2O2/c16-14(17,18)11-3-1-2-4-12(11)23-13(24)22-9-5-7-10(8-6-9)25-15(19,20)21/h1-8H,(H2,22,23,24). The number of rotatable bonds is 3. The zero-order chi connectivity index (χ0) is 18.7. The number of carbonyl (C=O) groups excluding carboxylic acids is 1. The Morgan fingerprint density at radius 1 is 0.840 bits per heavy atom. The predicted octanol–water partition coefficient (Wildman–Crippen LogP) is 5.25. The van der Waals surface area contributed by atoms with E-state index >= 15 is 0 Å². The van der Waals surface area contributed by atoms with Crippen LogP contribution in [0, 0.1) is 0 Å². The number of urea groups is 1. The molecule has 134 valence electrons. The molecule has 0 aliphatic rings. The molecule has 0 saturated heterocycles. The number of nitrogens with one attached hydrogen (secondary N) is 2. The highest BCUT2D eigenvalue weighted by atomic mass is 19.4. The summed E-state index contributed by atoms with van der Waals surface area (Å²) in [5.41, 5.74) is -1.42. The van der Waals surface area contributed by atoms with Gasteiger partial charge in [0.25, 0.3) is 0 Å². The maximum atomic E-state index is 12.8. The number of carbonyl (C=O) groups is 1. The van der Waals surface area contributed by atoms with Crippen molar-refractivity contribution in [3.8, 4) is 5.75 Å². The maximum Gasteiger partial charge on any atom is 0.573 e. The monoisotopic (exact) mass is 364 g/mol. The number of hydrogen-bond donors (Lipinski definition) is 2. The van der Waals surface area contributed by atoms with E-state index in [2.05, 4.69) is 10.1 Å². The topological polar surface area (TPSA) is 50.4 Å². The fourth-order valence-corrected chi connectivity index (χ4v) is 1.86. The normalized spacial score (nSPS) is 11.8. The molecule has 0 aromatic heterocycles. The van der Waals surface area contributed by atoms with Gasteiger partial charge in [0, 0.05) is 5.69 Å². The zero-order valence-corrected chi connectivity index (χ0v) is 12.2. The van der Waals surface area contributed by atoms with Gasteiger partial charge in [0.15, 0.2) is 0 Å². The molecule has 2 aromatic carbocycles. The smallest absolute Gasteiger partial charge is 0.406 e. The first-order valence-electron chi connectivity index (χ1n) is 6.64. The molecule has 0 atom stereocenters. The molecule has 0 bridgehead atoms. The van der Waals surface area contributed by atoms with E-state index < -0.39 is 35.6 Å². The number of anilines is 2. The van der Waals surface area contributed by atoms with Crippen LogP contribution in [0.25, 0.3) is 0 Å². The molecule has 0 spiro atoms. The van der Waals surface area contributed by atoms with E-state index in [1.165, 1.54) is 12.1 Å². The van der Waals surface area contributed by atoms with Gasteiger partial charge in [-0.1, -0.05) is 12.1 Å². The van der Waals surface area contributed by atoms with Crippen LogP contribution in [-0.4, -0.2) is 12.4 Å². The summed E-state index contributed by atoms with van der Waals surface area (Å²) in [5, 5.41) is 4.24. The number of halogens is 6. The molecular weight excluding hydrogens is 354 g/mol. The van der Waals surface area contributed by atoms with Crippen molar-refractivity contribution >= 4 is 17.4 Å². The van der Waals surface area contributed by atoms with Crippen LogP contribution in [0.3, 0.4) is 0 Å². The number of para-hydroxylation sites is 1. The van der Waals surface area contributed by atoms with Gasteiger partial charge >= 0.3 is 18.6 Å². The van der Waals surface area contributed by atoms with Crippen LogP contribution in [0.1, 0.15) is 5.56 Å². The molecule has 0 radical (unpaired) electrons. The summed E-state index contributed by atoms with van der Waals surface area (Å²) < 4.78 is 78.2. The summed E-state index contributed by atoms with van der Waals surface area (Å²) in [6, 6.07) is 7.49. The maximum absolute atomic E-state index is 12.8. The SMILES string of the molecule is O=C(Nc1ccc(OC(F)(F)F)cc1)Nc1ccccc1C(F)(F)F. The molecule has 2 aromatic rings. The summed E-state index contributed by atoms with van der Waals surface area (Å²) >= 11 is 0. The fourth-order valence-electron chi connectivity index (χ4n) is 1.86. The lowest BCUT2D eigenvalue weighted by atomic mass is 10.1. The lowest BCUT2D eigenvalue weighted by Gasteiger charge is -2.14. The highest BCUT2D eigenvalue weighted by molar-refractivity contribution is 6.00. The second-order valence-electron chi connectivity index (χ2n) is 4.69. The lowest BCUT2D eigenvalue weighted by Crippen LogP contribution is -2.22. The predicted molar refractivity (Wildman–Crippen MR) is 77.2 cm³/mol. The largest absolute Gasteiger partial charge is 0.573 e. The van der Waals surface area contributed by atoms with Gasteiger partial charge in [-0.05, 0) is 36.4 Å². The minimum atomic E-state index is -4.85. The van der Waals surface area contributed by atoms with E-state index in [0.29, 0.717) is 0 Å². The minimum absolute atomic E-state index is 0.0662. The second kappa shape index (κ2) is 6.91. The quantitative estimate of drug-likeness (QED) is 0.731. The molecule has 10 heteroatoms. The number of hydrogen-bond acceptors (Lipinski definition) is 2. The number of alkyl halides is 6. The third-order valence-electron chi connectivity index (χ3n) is 2.83. The molecule has 0 heterocycles. The van der Waals surface area contributed by atoms with Crippen molar-refractivity contribution in [2.75, 3.05) is 10.6 Å². The van der Waals surface area contributed by atoms with Gasteiger partial charge < -0.3 is 15.4 Å². The van der Waals surface area contributed by atoms with E-state index in [4.69, 9.17) is 0 Å². The first kappa shape index (κ1) is 18.4. The zero-order valence-electron chi connectivity index (χ0n) is 12.2. The molecule has 2 N–H and O–H groups in total. The molecule has 0 aliphatic heterocycles. The first-order valence-corrected chi connectivity index (χ1v) is 6.64. The van der Waals surface area contributed by atoms with Crippen LogP contribution in [0.2, 0.25) is 0 Å². The van der Waals surface area contributed by atoms with Crippen molar-refractivity contribution in [1.29, 1.82) is 0 Å². The van der Waals surface area contributed by atoms with Crippen LogP contribution in [0.5, 0.6) is 5.75 Å². The van der Waals surface area contributed by atoms with Crippen molar-refractivity contribution in [2.24, 2.45) is 0 Å². The van der Waals surface area contributed by atoms with Crippen LogP contribution in [0.4, 0.5) is 42.5 Å². The highest BCUT2D eigenvalue weighted by Gasteiger charge is 2.33. The van der Waals surface area contributed by atoms with Gasteiger partial charge in [0.1, 0.15) is 5.75 Å². The molecule has 2 amide bonds. The molecule has 0 saturated carbocycles. The summed E-state index contributed by atoms with van der Waals surface area (Å²) in [5.74, 6) is -0.499.